The van der Waals surface area contributed by atoms with Crippen LogP contribution in [0, 0.1) is 0 Å². The van der Waals surface area contributed by atoms with E-state index in [2.05, 4.69) is 38.2 Å². The SMILES string of the molecule is CCCCCC/C=C/CCCCCCCC(=O)O[C@@H](CO)COC(=O)CCCCCCC/C=C/CCCCCCC. The molecule has 0 bridgehead atoms. The minimum absolute atomic E-state index is 0.0713. The first-order valence-corrected chi connectivity index (χ1v) is 17.4. The Morgan fingerprint density at radius 3 is 1.34 bits per heavy atom. The molecule has 0 fully saturated rings. The third-order valence-corrected chi connectivity index (χ3v) is 7.47. The molecule has 1 N–H and O–H groups in total. The smallest absolute Gasteiger partial charge is 0.306 e. The topological polar surface area (TPSA) is 72.8 Å². The molecule has 41 heavy (non-hydrogen) atoms. The van der Waals surface area contributed by atoms with E-state index in [0.717, 1.165) is 51.4 Å². The van der Waals surface area contributed by atoms with Crippen LogP contribution in [0.15, 0.2) is 24.3 Å². The highest BCUT2D eigenvalue weighted by Crippen LogP contribution is 2.12. The Balaban J connectivity index is 3.60. The molecule has 0 amide bonds. The summed E-state index contributed by atoms with van der Waals surface area (Å²) in [4.78, 5) is 24.1. The van der Waals surface area contributed by atoms with Gasteiger partial charge in [0.15, 0.2) is 6.10 Å². The van der Waals surface area contributed by atoms with Crippen molar-refractivity contribution in [2.45, 2.75) is 180 Å². The maximum Gasteiger partial charge on any atom is 0.306 e. The van der Waals surface area contributed by atoms with Crippen molar-refractivity contribution < 1.29 is 24.2 Å². The predicted molar refractivity (Wildman–Crippen MR) is 173 cm³/mol. The van der Waals surface area contributed by atoms with Crippen molar-refractivity contribution in [3.05, 3.63) is 24.3 Å². The van der Waals surface area contributed by atoms with Crippen molar-refractivity contribution in [3.63, 3.8) is 0 Å². The second kappa shape index (κ2) is 32.9. The standard InChI is InChI=1S/C36H66O5/c1-3-5-7-9-11-13-15-17-19-20-22-24-26-28-30-35(38)40-33-34(32-37)41-36(39)31-29-27-25-23-21-18-16-14-12-10-8-6-4-2/h14-17,34,37H,3-13,18-33H2,1-2H3/b16-14+,17-15+/t34-/m0/s1. The number of unbranched alkanes of at least 4 members (excludes halogenated alkanes) is 19. The van der Waals surface area contributed by atoms with E-state index in [1.54, 1.807) is 0 Å². The quantitative estimate of drug-likeness (QED) is 0.0503. The van der Waals surface area contributed by atoms with Crippen LogP contribution in [0.25, 0.3) is 0 Å². The van der Waals surface area contributed by atoms with Gasteiger partial charge < -0.3 is 14.6 Å². The van der Waals surface area contributed by atoms with Gasteiger partial charge in [-0.05, 0) is 64.2 Å². The Morgan fingerprint density at radius 2 is 0.902 bits per heavy atom. The Kier molecular flexibility index (Phi) is 31.6. The first kappa shape index (κ1) is 39.4. The molecular formula is C36H66O5. The summed E-state index contributed by atoms with van der Waals surface area (Å²) in [6.45, 7) is 4.09. The van der Waals surface area contributed by atoms with E-state index in [9.17, 15) is 14.7 Å². The lowest BCUT2D eigenvalue weighted by Crippen LogP contribution is -2.28. The predicted octanol–water partition coefficient (Wildman–Crippen LogP) is 10.3. The van der Waals surface area contributed by atoms with Gasteiger partial charge in [-0.15, -0.1) is 0 Å². The average molecular weight is 579 g/mol. The molecule has 0 aliphatic heterocycles. The molecule has 0 aromatic carbocycles. The van der Waals surface area contributed by atoms with Crippen molar-refractivity contribution in [1.82, 2.24) is 0 Å². The monoisotopic (exact) mass is 578 g/mol. The summed E-state index contributed by atoms with van der Waals surface area (Å²) < 4.78 is 10.5. The van der Waals surface area contributed by atoms with Crippen LogP contribution in [0.5, 0.6) is 0 Å². The maximum absolute atomic E-state index is 12.1. The fourth-order valence-electron chi connectivity index (χ4n) is 4.78. The lowest BCUT2D eigenvalue weighted by Gasteiger charge is -2.15. The average Bonchev–Trinajstić information content (AvgIpc) is 2.97. The van der Waals surface area contributed by atoms with E-state index in [1.165, 1.54) is 96.3 Å². The highest BCUT2D eigenvalue weighted by atomic mass is 16.6. The van der Waals surface area contributed by atoms with Gasteiger partial charge in [-0.3, -0.25) is 9.59 Å². The van der Waals surface area contributed by atoms with Gasteiger partial charge in [0.1, 0.15) is 6.61 Å². The summed E-state index contributed by atoms with van der Waals surface area (Å²) in [7, 11) is 0. The number of hydrogen-bond donors (Lipinski definition) is 1. The van der Waals surface area contributed by atoms with Gasteiger partial charge in [0, 0.05) is 12.8 Å². The van der Waals surface area contributed by atoms with Crippen LogP contribution in [-0.2, 0) is 19.1 Å². The summed E-state index contributed by atoms with van der Waals surface area (Å²) in [5.74, 6) is -0.611. The van der Waals surface area contributed by atoms with Crippen LogP contribution in [0.2, 0.25) is 0 Å². The summed E-state index contributed by atoms with van der Waals surface area (Å²) >= 11 is 0. The summed E-state index contributed by atoms with van der Waals surface area (Å²) in [6.07, 6.45) is 36.5. The highest BCUT2D eigenvalue weighted by molar-refractivity contribution is 5.70. The van der Waals surface area contributed by atoms with Crippen LogP contribution in [0.4, 0.5) is 0 Å². The number of aliphatic hydroxyl groups excluding tert-OH is 1. The molecule has 0 unspecified atom stereocenters. The first-order valence-electron chi connectivity index (χ1n) is 17.4. The van der Waals surface area contributed by atoms with E-state index < -0.39 is 6.10 Å². The zero-order chi connectivity index (χ0) is 30.1. The van der Waals surface area contributed by atoms with Crippen LogP contribution in [0.1, 0.15) is 174 Å². The third-order valence-electron chi connectivity index (χ3n) is 7.47. The molecule has 0 saturated carbocycles. The fraction of sp³-hybridized carbons (Fsp3) is 0.833. The van der Waals surface area contributed by atoms with E-state index >= 15 is 0 Å². The van der Waals surface area contributed by atoms with E-state index in [-0.39, 0.29) is 25.2 Å². The van der Waals surface area contributed by atoms with Crippen molar-refractivity contribution >= 4 is 11.9 Å². The Morgan fingerprint density at radius 1 is 0.537 bits per heavy atom. The summed E-state index contributed by atoms with van der Waals surface area (Å²) in [5, 5.41) is 9.50. The number of carbonyl (C=O) groups is 2. The summed E-state index contributed by atoms with van der Waals surface area (Å²) in [6, 6.07) is 0. The van der Waals surface area contributed by atoms with Gasteiger partial charge in [0.25, 0.3) is 0 Å². The third kappa shape index (κ3) is 31.2. The Bertz CT molecular complexity index is 627. The number of ether oxygens (including phenoxy) is 2. The minimum atomic E-state index is -0.774. The Hall–Kier alpha value is -1.62. The molecule has 5 nitrogen and oxygen atoms in total. The second-order valence-electron chi connectivity index (χ2n) is 11.6. The van der Waals surface area contributed by atoms with Crippen molar-refractivity contribution in [1.29, 1.82) is 0 Å². The first-order chi connectivity index (χ1) is 20.1. The zero-order valence-electron chi connectivity index (χ0n) is 27.1. The molecule has 0 aromatic rings. The molecule has 0 aliphatic carbocycles. The largest absolute Gasteiger partial charge is 0.462 e. The number of carbonyl (C=O) groups excluding carboxylic acids is 2. The van der Waals surface area contributed by atoms with Gasteiger partial charge >= 0.3 is 11.9 Å². The van der Waals surface area contributed by atoms with E-state index in [4.69, 9.17) is 9.47 Å². The maximum atomic E-state index is 12.1. The molecule has 0 spiro atoms. The van der Waals surface area contributed by atoms with Crippen LogP contribution in [0.3, 0.4) is 0 Å². The van der Waals surface area contributed by atoms with E-state index in [0.29, 0.717) is 12.8 Å². The molecule has 0 aliphatic rings. The molecule has 240 valence electrons. The molecule has 1 atom stereocenters. The van der Waals surface area contributed by atoms with Crippen LogP contribution in [-0.4, -0.2) is 36.4 Å². The number of rotatable bonds is 31. The zero-order valence-corrected chi connectivity index (χ0v) is 27.1. The normalized spacial score (nSPS) is 12.4. The van der Waals surface area contributed by atoms with Gasteiger partial charge in [-0.25, -0.2) is 0 Å². The van der Waals surface area contributed by atoms with Crippen molar-refractivity contribution in [2.75, 3.05) is 13.2 Å². The molecule has 0 aromatic heterocycles. The number of aliphatic hydroxyl groups is 1. The van der Waals surface area contributed by atoms with Crippen LogP contribution >= 0.6 is 0 Å². The van der Waals surface area contributed by atoms with Crippen molar-refractivity contribution in [3.8, 4) is 0 Å². The number of hydrogen-bond acceptors (Lipinski definition) is 5. The molecule has 0 heterocycles. The highest BCUT2D eigenvalue weighted by Gasteiger charge is 2.16. The molecule has 5 heteroatoms. The van der Waals surface area contributed by atoms with Crippen LogP contribution < -0.4 is 0 Å². The van der Waals surface area contributed by atoms with Gasteiger partial charge in [-0.2, -0.15) is 0 Å². The summed E-state index contributed by atoms with van der Waals surface area (Å²) in [5.41, 5.74) is 0. The molecule has 0 saturated heterocycles. The molecular weight excluding hydrogens is 512 g/mol. The number of allylic oxidation sites excluding steroid dienone is 4. The number of esters is 2. The lowest BCUT2D eigenvalue weighted by molar-refractivity contribution is -0.161. The van der Waals surface area contributed by atoms with Gasteiger partial charge in [0.05, 0.1) is 6.61 Å². The van der Waals surface area contributed by atoms with E-state index in [1.807, 2.05) is 0 Å². The lowest BCUT2D eigenvalue weighted by atomic mass is 10.1. The van der Waals surface area contributed by atoms with Gasteiger partial charge in [-0.1, -0.05) is 122 Å². The minimum Gasteiger partial charge on any atom is -0.462 e. The molecule has 0 rings (SSSR count). The fourth-order valence-corrected chi connectivity index (χ4v) is 4.78. The second-order valence-corrected chi connectivity index (χ2v) is 11.6. The Labute approximate surface area is 253 Å². The van der Waals surface area contributed by atoms with Crippen molar-refractivity contribution in [2.24, 2.45) is 0 Å². The molecule has 0 radical (unpaired) electrons. The van der Waals surface area contributed by atoms with Gasteiger partial charge in [0.2, 0.25) is 0 Å².